The third-order valence-corrected chi connectivity index (χ3v) is 5.94. The lowest BCUT2D eigenvalue weighted by Gasteiger charge is -2.13. The van der Waals surface area contributed by atoms with Gasteiger partial charge in [0.25, 0.3) is 0 Å². The fourth-order valence-corrected chi connectivity index (χ4v) is 3.62. The van der Waals surface area contributed by atoms with Gasteiger partial charge in [0.15, 0.2) is 0 Å². The summed E-state index contributed by atoms with van der Waals surface area (Å²) in [5.74, 6) is 0.406. The minimum Gasteiger partial charge on any atom is -0.265 e. The van der Waals surface area contributed by atoms with Crippen molar-refractivity contribution in [3.8, 4) is 0 Å². The van der Waals surface area contributed by atoms with Crippen molar-refractivity contribution >= 4 is 34.9 Å². The lowest BCUT2D eigenvalue weighted by atomic mass is 9.94. The molecule has 0 aromatic heterocycles. The van der Waals surface area contributed by atoms with Crippen LogP contribution in [0, 0.1) is 5.92 Å². The van der Waals surface area contributed by atoms with Crippen LogP contribution >= 0.6 is 23.8 Å². The normalized spacial score (nSPS) is 17.9. The van der Waals surface area contributed by atoms with Crippen LogP contribution < -0.4 is 0 Å². The lowest BCUT2D eigenvalue weighted by Crippen LogP contribution is -2.06. The van der Waals surface area contributed by atoms with Gasteiger partial charge in [0, 0.05) is 22.3 Å². The number of nitrogens with zero attached hydrogens (tertiary/aromatic N) is 1. The van der Waals surface area contributed by atoms with Gasteiger partial charge in [-0.25, -0.2) is 0 Å². The molecule has 0 aromatic rings. The molecule has 0 bridgehead atoms. The van der Waals surface area contributed by atoms with Crippen LogP contribution in [0.25, 0.3) is 0 Å². The number of allylic oxidation sites excluding steroid dienone is 14. The molecule has 1 aliphatic carbocycles. The van der Waals surface area contributed by atoms with Crippen molar-refractivity contribution in [2.75, 3.05) is 0 Å². The zero-order valence-electron chi connectivity index (χ0n) is 20.5. The van der Waals surface area contributed by atoms with E-state index in [1.54, 1.807) is 5.37 Å². The molecule has 0 aromatic carbocycles. The highest BCUT2D eigenvalue weighted by Gasteiger charge is 2.09. The maximum Gasteiger partial charge on any atom is 0.0302 e. The zero-order chi connectivity index (χ0) is 24.1. The van der Waals surface area contributed by atoms with Gasteiger partial charge < -0.3 is 0 Å². The molecule has 1 atom stereocenters. The van der Waals surface area contributed by atoms with Gasteiger partial charge in [-0.1, -0.05) is 78.8 Å². The van der Waals surface area contributed by atoms with Gasteiger partial charge in [-0.15, -0.1) is 0 Å². The molecular weight excluding hydrogens is 430 g/mol. The summed E-state index contributed by atoms with van der Waals surface area (Å²) in [6.07, 6.45) is 20.7. The van der Waals surface area contributed by atoms with E-state index in [2.05, 4.69) is 64.7 Å². The Morgan fingerprint density at radius 3 is 2.56 bits per heavy atom. The zero-order valence-corrected chi connectivity index (χ0v) is 22.1. The van der Waals surface area contributed by atoms with Crippen molar-refractivity contribution in [1.29, 1.82) is 0 Å². The molecule has 0 saturated heterocycles. The molecule has 1 nitrogen and oxygen atoms in total. The van der Waals surface area contributed by atoms with Gasteiger partial charge in [0.1, 0.15) is 0 Å². The predicted molar refractivity (Wildman–Crippen MR) is 150 cm³/mol. The van der Waals surface area contributed by atoms with E-state index < -0.39 is 0 Å². The predicted octanol–water partition coefficient (Wildman–Crippen LogP) is 9.56. The van der Waals surface area contributed by atoms with Crippen LogP contribution in [0.4, 0.5) is 0 Å². The second kappa shape index (κ2) is 14.9. The van der Waals surface area contributed by atoms with Crippen molar-refractivity contribution in [2.45, 2.75) is 67.2 Å². The van der Waals surface area contributed by atoms with Crippen LogP contribution in [0.3, 0.4) is 0 Å². The highest BCUT2D eigenvalue weighted by Crippen LogP contribution is 2.27. The third-order valence-electron chi connectivity index (χ3n) is 5.50. The van der Waals surface area contributed by atoms with Crippen molar-refractivity contribution in [1.82, 2.24) is 0 Å². The molecule has 172 valence electrons. The summed E-state index contributed by atoms with van der Waals surface area (Å²) in [5, 5.41) is 2.58. The Morgan fingerprint density at radius 1 is 1.25 bits per heavy atom. The molecule has 0 N–H and O–H groups in total. The van der Waals surface area contributed by atoms with Crippen molar-refractivity contribution in [3.05, 3.63) is 93.8 Å². The summed E-state index contributed by atoms with van der Waals surface area (Å²) in [7, 11) is 0. The molecule has 0 fully saturated rings. The van der Waals surface area contributed by atoms with Crippen LogP contribution in [0.15, 0.2) is 98.8 Å². The second-order valence-corrected chi connectivity index (χ2v) is 9.24. The molecular formula is C29H38ClNS. The third kappa shape index (κ3) is 10.5. The largest absolute Gasteiger partial charge is 0.265 e. The summed E-state index contributed by atoms with van der Waals surface area (Å²) in [4.78, 5) is 4.75. The Bertz CT molecular complexity index is 932. The van der Waals surface area contributed by atoms with Gasteiger partial charge >= 0.3 is 0 Å². The van der Waals surface area contributed by atoms with E-state index in [1.807, 2.05) is 32.2 Å². The molecule has 0 amide bonds. The van der Waals surface area contributed by atoms with E-state index in [0.29, 0.717) is 5.92 Å². The first-order valence-corrected chi connectivity index (χ1v) is 12.1. The number of hydrogen-bond acceptors (Lipinski definition) is 2. The minimum atomic E-state index is 0.406. The number of aliphatic imine (C=N–C) groups is 1. The van der Waals surface area contributed by atoms with Gasteiger partial charge in [0.2, 0.25) is 0 Å². The molecule has 1 aliphatic rings. The van der Waals surface area contributed by atoms with Crippen molar-refractivity contribution < 1.29 is 0 Å². The first-order valence-electron chi connectivity index (χ1n) is 11.3. The summed E-state index contributed by atoms with van der Waals surface area (Å²) < 4.78 is 0. The fourth-order valence-electron chi connectivity index (χ4n) is 3.25. The van der Waals surface area contributed by atoms with E-state index in [0.717, 1.165) is 58.7 Å². The summed E-state index contributed by atoms with van der Waals surface area (Å²) in [6.45, 7) is 16.6. The first-order chi connectivity index (χ1) is 15.2. The van der Waals surface area contributed by atoms with Gasteiger partial charge in [-0.05, 0) is 101 Å². The molecule has 0 aliphatic heterocycles. The molecule has 32 heavy (non-hydrogen) atoms. The molecule has 0 radical (unpaired) electrons. The Kier molecular flexibility index (Phi) is 13.1. The van der Waals surface area contributed by atoms with Crippen molar-refractivity contribution in [2.24, 2.45) is 10.9 Å². The highest BCUT2D eigenvalue weighted by atomic mass is 35.5. The standard InChI is InChI=1S/C29H38ClNS/c1-8-26(15-12-21(2)3)24(6)20-31-25(7)23(5)14-13-22(4)18-28(16-17-32)27-10-9-11-29(30)19-27/h8,10,12,15-20,23H,2,9,11,13-14H2,1,3-7H3/b15-12-,22-18+,24-20+,26-8+,28-16+,31-25?. The second-order valence-electron chi connectivity index (χ2n) is 8.48. The summed E-state index contributed by atoms with van der Waals surface area (Å²) in [5.41, 5.74) is 8.13. The average molecular weight is 468 g/mol. The minimum absolute atomic E-state index is 0.406. The van der Waals surface area contributed by atoms with Crippen LogP contribution in [-0.2, 0) is 0 Å². The Balaban J connectivity index is 2.81. The van der Waals surface area contributed by atoms with Crippen molar-refractivity contribution in [3.63, 3.8) is 0 Å². The van der Waals surface area contributed by atoms with E-state index in [1.165, 1.54) is 11.1 Å². The fraction of sp³-hybridized carbons (Fsp3) is 0.379. The van der Waals surface area contributed by atoms with Crippen LogP contribution in [0.1, 0.15) is 67.2 Å². The Hall–Kier alpha value is -2.03. The number of halogens is 1. The molecule has 3 heteroatoms. The first kappa shape index (κ1) is 28.0. The maximum atomic E-state index is 6.25. The van der Waals surface area contributed by atoms with E-state index in [4.69, 9.17) is 28.8 Å². The smallest absolute Gasteiger partial charge is 0.0302 e. The van der Waals surface area contributed by atoms with Crippen LogP contribution in [0.5, 0.6) is 0 Å². The van der Waals surface area contributed by atoms with E-state index >= 15 is 0 Å². The maximum absolute atomic E-state index is 6.25. The van der Waals surface area contributed by atoms with Crippen LogP contribution in [-0.4, -0.2) is 11.1 Å². The quantitative estimate of drug-likeness (QED) is 0.127. The molecule has 0 saturated carbocycles. The lowest BCUT2D eigenvalue weighted by molar-refractivity contribution is 0.675. The highest BCUT2D eigenvalue weighted by molar-refractivity contribution is 7.79. The molecule has 0 spiro atoms. The summed E-state index contributed by atoms with van der Waals surface area (Å²) >= 11 is 11.3. The SMILES string of the molecule is C=C(C)\C=C/C(=C\C)C(/C)=C/N=C(C)C(C)CC/C(C)=C/C(=C\C=S)C1=CCCC(Cl)=C1. The summed E-state index contributed by atoms with van der Waals surface area (Å²) in [6, 6.07) is 0. The average Bonchev–Trinajstić information content (AvgIpc) is 2.75. The molecule has 1 rings (SSSR count). The number of rotatable bonds is 11. The molecule has 1 unspecified atom stereocenters. The number of thiocarbonyl (C=S) groups is 1. The van der Waals surface area contributed by atoms with Gasteiger partial charge in [-0.2, -0.15) is 0 Å². The number of hydrogen-bond donors (Lipinski definition) is 0. The Morgan fingerprint density at radius 2 is 1.97 bits per heavy atom. The Labute approximate surface area is 206 Å². The van der Waals surface area contributed by atoms with Gasteiger partial charge in [-0.3, -0.25) is 4.99 Å². The molecule has 0 heterocycles. The van der Waals surface area contributed by atoms with E-state index in [-0.39, 0.29) is 0 Å². The topological polar surface area (TPSA) is 12.4 Å². The van der Waals surface area contributed by atoms with E-state index in [9.17, 15) is 0 Å². The van der Waals surface area contributed by atoms with Crippen LogP contribution in [0.2, 0.25) is 0 Å². The van der Waals surface area contributed by atoms with Gasteiger partial charge in [0.05, 0.1) is 0 Å². The monoisotopic (exact) mass is 467 g/mol.